The Morgan fingerprint density at radius 1 is 0.705 bits per heavy atom. The molecule has 0 radical (unpaired) electrons. The molecule has 20 heteroatoms. The molecule has 4 aliphatic rings. The number of piperidine rings is 2. The molecule has 78 heavy (non-hydrogen) atoms. The first kappa shape index (κ1) is 50.6. The fourth-order valence-electron chi connectivity index (χ4n) is 12.1. The molecule has 8 heterocycles. The van der Waals surface area contributed by atoms with Crippen LogP contribution in [-0.2, 0) is 35.2 Å². The molecule has 2 fully saturated rings. The van der Waals surface area contributed by atoms with Gasteiger partial charge in [-0.1, -0.05) is 73.8 Å². The van der Waals surface area contributed by atoms with Crippen LogP contribution < -0.4 is 21.3 Å². The van der Waals surface area contributed by atoms with Crippen LogP contribution in [0.3, 0.4) is 0 Å². The number of carbonyl (C=O) groups is 1. The second-order valence-corrected chi connectivity index (χ2v) is 20.6. The number of amides is 1. The number of likely N-dealkylation sites (tertiary alicyclic amines) is 2. The molecule has 4 aromatic carbocycles. The molecule has 0 saturated carbocycles. The van der Waals surface area contributed by atoms with Gasteiger partial charge in [-0.2, -0.15) is 23.4 Å². The van der Waals surface area contributed by atoms with Gasteiger partial charge in [0.15, 0.2) is 11.3 Å². The van der Waals surface area contributed by atoms with Gasteiger partial charge >= 0.3 is 6.18 Å². The molecule has 0 aliphatic carbocycles. The van der Waals surface area contributed by atoms with Crippen molar-refractivity contribution in [1.29, 1.82) is 0 Å². The molecule has 4 N–H and O–H groups in total. The normalized spacial score (nSPS) is 19.3. The lowest BCUT2D eigenvalue weighted by atomic mass is 9.95. The third-order valence-corrected chi connectivity index (χ3v) is 15.8. The number of anilines is 4. The lowest BCUT2D eigenvalue weighted by Crippen LogP contribution is -2.44. The molecule has 1 amide bonds. The van der Waals surface area contributed by atoms with Crippen molar-refractivity contribution >= 4 is 51.0 Å². The predicted molar refractivity (Wildman–Crippen MR) is 291 cm³/mol. The Hall–Kier alpha value is -8.23. The zero-order valence-electron chi connectivity index (χ0n) is 42.9. The van der Waals surface area contributed by atoms with Gasteiger partial charge in [0.05, 0.1) is 28.4 Å². The number of hydrogen-bond donors (Lipinski definition) is 2. The monoisotopic (exact) mass is 1060 g/mol. The SMILES string of the molecule is C=CC(=O)N1CCCC(n2nc(-c3ccc(CN4CC(OC(C=C)N5CCCC(n6nc(-c7ccc(CN8CCCc9c8cccc9C(F)(F)F)cc7)c7c(N)ncnc76)C5)c5c(F)cccc54)cc3)c3c(N)ncnc32)C1. The summed E-state index contributed by atoms with van der Waals surface area (Å²) >= 11 is 0. The molecular weight excluding hydrogens is 1000 g/mol. The van der Waals surface area contributed by atoms with Crippen molar-refractivity contribution in [2.24, 2.45) is 0 Å². The number of nitrogen functional groups attached to an aromatic ring is 2. The average Bonchev–Trinajstić information content (AvgIpc) is 4.24. The summed E-state index contributed by atoms with van der Waals surface area (Å²) in [7, 11) is 0. The fourth-order valence-corrected chi connectivity index (χ4v) is 12.1. The maximum atomic E-state index is 16.0. The van der Waals surface area contributed by atoms with Crippen molar-refractivity contribution in [1.82, 2.24) is 49.3 Å². The summed E-state index contributed by atoms with van der Waals surface area (Å²) in [4.78, 5) is 38.6. The third kappa shape index (κ3) is 9.35. The minimum absolute atomic E-state index is 0.0997. The summed E-state index contributed by atoms with van der Waals surface area (Å²) in [6.07, 6.45) is 4.70. The van der Waals surface area contributed by atoms with Gasteiger partial charge in [0, 0.05) is 80.4 Å². The van der Waals surface area contributed by atoms with Crippen molar-refractivity contribution in [3.63, 3.8) is 0 Å². The van der Waals surface area contributed by atoms with Crippen LogP contribution in [0.4, 0.5) is 40.6 Å². The second kappa shape index (κ2) is 20.6. The van der Waals surface area contributed by atoms with Gasteiger partial charge in [0.1, 0.15) is 53.8 Å². The molecule has 8 aromatic rings. The van der Waals surface area contributed by atoms with E-state index in [0.29, 0.717) is 127 Å². The van der Waals surface area contributed by atoms with Crippen LogP contribution in [0.1, 0.15) is 78.1 Å². The van der Waals surface area contributed by atoms with E-state index in [9.17, 15) is 18.0 Å². The number of hydrogen-bond acceptors (Lipinski definition) is 13. The van der Waals surface area contributed by atoms with Crippen LogP contribution >= 0.6 is 0 Å². The standard InChI is InChI=1S/C58H58F4N14O2/c1-3-47(77)72-26-7-10-39(30-72)75-56-50(54(63)65-33-67-56)52(69-75)38-23-19-36(20-24-38)29-74-32-46(49-43(59)14-6-16-45(49)74)78-48(4-2)73-27-8-11-40(31-73)76-57-51(55(64)66-34-68-57)53(70-76)37-21-17-35(18-22-37)28-71-25-9-12-41-42(58(60,61)62)13-5-15-44(41)71/h3-6,13-24,33-34,39-40,46,48H,1-2,7-12,25-32H2,(H2,63,65,67)(H2,64,66,68). The van der Waals surface area contributed by atoms with E-state index in [4.69, 9.17) is 31.4 Å². The molecule has 400 valence electrons. The summed E-state index contributed by atoms with van der Waals surface area (Å²) < 4.78 is 68.5. The molecule has 0 spiro atoms. The molecule has 16 nitrogen and oxygen atoms in total. The number of carbonyl (C=O) groups excluding carboxylic acids is 1. The van der Waals surface area contributed by atoms with E-state index in [1.165, 1.54) is 36.9 Å². The topological polar surface area (TPSA) is 178 Å². The van der Waals surface area contributed by atoms with Gasteiger partial charge in [-0.15, -0.1) is 0 Å². The summed E-state index contributed by atoms with van der Waals surface area (Å²) in [5.74, 6) is 0.158. The van der Waals surface area contributed by atoms with Gasteiger partial charge in [0.2, 0.25) is 5.91 Å². The highest BCUT2D eigenvalue weighted by molar-refractivity contribution is 5.99. The number of halogens is 4. The largest absolute Gasteiger partial charge is 0.416 e. The average molecular weight is 1060 g/mol. The van der Waals surface area contributed by atoms with Crippen LogP contribution in [0.15, 0.2) is 123 Å². The van der Waals surface area contributed by atoms with E-state index in [-0.39, 0.29) is 23.8 Å². The first-order valence-corrected chi connectivity index (χ1v) is 26.4. The molecular formula is C58H58F4N14O2. The summed E-state index contributed by atoms with van der Waals surface area (Å²) in [5.41, 5.74) is 20.8. The zero-order chi connectivity index (χ0) is 53.8. The third-order valence-electron chi connectivity index (χ3n) is 15.8. The van der Waals surface area contributed by atoms with E-state index in [1.807, 2.05) is 68.9 Å². The van der Waals surface area contributed by atoms with Crippen LogP contribution in [-0.4, -0.2) is 101 Å². The number of fused-ring (bicyclic) bond motifs is 4. The van der Waals surface area contributed by atoms with E-state index in [2.05, 4.69) is 37.9 Å². The lowest BCUT2D eigenvalue weighted by molar-refractivity contribution is -0.138. The van der Waals surface area contributed by atoms with Gasteiger partial charge in [-0.25, -0.2) is 33.7 Å². The van der Waals surface area contributed by atoms with Crippen molar-refractivity contribution in [3.05, 3.63) is 157 Å². The Kier molecular flexibility index (Phi) is 13.4. The summed E-state index contributed by atoms with van der Waals surface area (Å²) in [5, 5.41) is 11.5. The van der Waals surface area contributed by atoms with Crippen LogP contribution in [0.25, 0.3) is 44.6 Å². The Labute approximate surface area is 447 Å². The summed E-state index contributed by atoms with van der Waals surface area (Å²) in [6, 6.07) is 25.3. The fraction of sp³-hybridized carbons (Fsp3) is 0.328. The van der Waals surface area contributed by atoms with Crippen molar-refractivity contribution in [3.8, 4) is 22.5 Å². The number of alkyl halides is 3. The molecule has 2 saturated heterocycles. The van der Waals surface area contributed by atoms with Gasteiger partial charge in [0.25, 0.3) is 0 Å². The lowest BCUT2D eigenvalue weighted by Gasteiger charge is -2.38. The number of benzene rings is 4. The smallest absolute Gasteiger partial charge is 0.383 e. The van der Waals surface area contributed by atoms with E-state index < -0.39 is 24.1 Å². The molecule has 4 atom stereocenters. The zero-order valence-corrected chi connectivity index (χ0v) is 42.9. The minimum Gasteiger partial charge on any atom is -0.383 e. The predicted octanol–water partition coefficient (Wildman–Crippen LogP) is 9.85. The molecule has 4 aliphatic heterocycles. The molecule has 4 unspecified atom stereocenters. The first-order chi connectivity index (χ1) is 37.8. The number of ether oxygens (including phenoxy) is 1. The number of aromatic nitrogens is 8. The van der Waals surface area contributed by atoms with E-state index in [0.717, 1.165) is 53.6 Å². The van der Waals surface area contributed by atoms with E-state index in [1.54, 1.807) is 23.1 Å². The first-order valence-electron chi connectivity index (χ1n) is 26.4. The van der Waals surface area contributed by atoms with Gasteiger partial charge in [-0.3, -0.25) is 9.69 Å². The molecule has 0 bridgehead atoms. The van der Waals surface area contributed by atoms with Crippen LogP contribution in [0.5, 0.6) is 0 Å². The number of nitrogens with two attached hydrogens (primary N) is 2. The number of nitrogens with zero attached hydrogens (tertiary/aromatic N) is 12. The number of rotatable bonds is 13. The van der Waals surface area contributed by atoms with Crippen LogP contribution in [0, 0.1) is 5.82 Å². The Bertz CT molecular complexity index is 3580. The minimum atomic E-state index is -4.41. The van der Waals surface area contributed by atoms with E-state index >= 15 is 4.39 Å². The summed E-state index contributed by atoms with van der Waals surface area (Å²) in [6.45, 7) is 12.2. The van der Waals surface area contributed by atoms with Gasteiger partial charge < -0.3 is 30.9 Å². The highest BCUT2D eigenvalue weighted by Crippen LogP contribution is 2.43. The van der Waals surface area contributed by atoms with Crippen molar-refractivity contribution < 1.29 is 27.1 Å². The second-order valence-electron chi connectivity index (χ2n) is 20.6. The Morgan fingerprint density at radius 3 is 1.91 bits per heavy atom. The van der Waals surface area contributed by atoms with Crippen molar-refractivity contribution in [2.45, 2.75) is 82.2 Å². The maximum Gasteiger partial charge on any atom is 0.416 e. The maximum absolute atomic E-state index is 16.0. The van der Waals surface area contributed by atoms with Crippen molar-refractivity contribution in [2.75, 3.05) is 60.5 Å². The Morgan fingerprint density at radius 2 is 1.29 bits per heavy atom. The Balaban J connectivity index is 0.746. The molecule has 4 aromatic heterocycles. The highest BCUT2D eigenvalue weighted by atomic mass is 19.4. The molecule has 12 rings (SSSR count). The quantitative estimate of drug-likeness (QED) is 0.0634. The van der Waals surface area contributed by atoms with Gasteiger partial charge in [-0.05, 0) is 91.6 Å². The van der Waals surface area contributed by atoms with Crippen LogP contribution in [0.2, 0.25) is 0 Å². The highest BCUT2D eigenvalue weighted by Gasteiger charge is 2.38.